The number of allylic oxidation sites excluding steroid dienone is 2. The second-order valence-electron chi connectivity index (χ2n) is 1.78. The van der Waals surface area contributed by atoms with E-state index in [0.717, 1.165) is 4.91 Å². The first-order valence-electron chi connectivity index (χ1n) is 2.83. The Morgan fingerprint density at radius 3 is 2.90 bits per heavy atom. The first kappa shape index (κ1) is 8.20. The molecule has 0 aromatic carbocycles. The molecule has 0 aromatic heterocycles. The largest absolute Gasteiger partial charge is 0.393 e. The minimum absolute atomic E-state index is 0.201. The van der Waals surface area contributed by atoms with Gasteiger partial charge in [0.25, 0.3) is 0 Å². The molecule has 0 saturated heterocycles. The van der Waals surface area contributed by atoms with E-state index in [2.05, 4.69) is 0 Å². The minimum Gasteiger partial charge on any atom is -0.393 e. The molecule has 0 radical (unpaired) electrons. The van der Waals surface area contributed by atoms with Gasteiger partial charge in [0.2, 0.25) is 0 Å². The van der Waals surface area contributed by atoms with Gasteiger partial charge in [-0.15, -0.1) is 0 Å². The molecular formula is C6H8O2S2. The summed E-state index contributed by atoms with van der Waals surface area (Å²) in [6, 6.07) is 0. The summed E-state index contributed by atoms with van der Waals surface area (Å²) in [5.74, 6) is 0. The van der Waals surface area contributed by atoms with Gasteiger partial charge in [-0.2, -0.15) is 0 Å². The predicted molar refractivity (Wildman–Crippen MR) is 45.5 cm³/mol. The maximum absolute atomic E-state index is 9.10. The van der Waals surface area contributed by atoms with Crippen molar-refractivity contribution in [2.45, 2.75) is 6.10 Å². The molecule has 1 aliphatic rings. The van der Waals surface area contributed by atoms with Gasteiger partial charge in [-0.3, -0.25) is 0 Å². The molecule has 1 heterocycles. The van der Waals surface area contributed by atoms with Gasteiger partial charge in [-0.25, -0.2) is 0 Å². The number of hydrogen-bond donors (Lipinski definition) is 2. The summed E-state index contributed by atoms with van der Waals surface area (Å²) in [4.78, 5) is 0.815. The normalized spacial score (nSPS) is 20.4. The molecule has 0 amide bonds. The fraction of sp³-hybridized carbons (Fsp3) is 0.333. The Labute approximate surface area is 67.4 Å². The van der Waals surface area contributed by atoms with E-state index >= 15 is 0 Å². The third-order valence-corrected chi connectivity index (χ3v) is 3.20. The summed E-state index contributed by atoms with van der Waals surface area (Å²) < 4.78 is 0. The van der Waals surface area contributed by atoms with Crippen LogP contribution in [0.5, 0.6) is 0 Å². The number of hydrogen-bond acceptors (Lipinski definition) is 4. The smallest absolute Gasteiger partial charge is 0.109 e. The van der Waals surface area contributed by atoms with Crippen LogP contribution in [0.4, 0.5) is 0 Å². The number of rotatable bonds is 2. The summed E-state index contributed by atoms with van der Waals surface area (Å²) in [5.41, 5.74) is 0. The summed E-state index contributed by atoms with van der Waals surface area (Å²) >= 11 is 0. The Kier molecular flexibility index (Phi) is 3.34. The van der Waals surface area contributed by atoms with Gasteiger partial charge in [0.1, 0.15) is 6.10 Å². The Balaban J connectivity index is 2.53. The third-order valence-electron chi connectivity index (χ3n) is 1.04. The highest BCUT2D eigenvalue weighted by atomic mass is 33.1. The molecule has 1 aliphatic heterocycles. The Morgan fingerprint density at radius 2 is 2.40 bits per heavy atom. The summed E-state index contributed by atoms with van der Waals surface area (Å²) in [7, 11) is 3.02. The monoisotopic (exact) mass is 176 g/mol. The quantitative estimate of drug-likeness (QED) is 0.619. The highest BCUT2D eigenvalue weighted by Gasteiger charge is 2.10. The molecule has 1 rings (SSSR count). The van der Waals surface area contributed by atoms with Crippen LogP contribution in [0.25, 0.3) is 0 Å². The molecule has 1 atom stereocenters. The van der Waals surface area contributed by atoms with Crippen molar-refractivity contribution in [2.24, 2.45) is 0 Å². The van der Waals surface area contributed by atoms with Crippen LogP contribution in [0.15, 0.2) is 22.5 Å². The lowest BCUT2D eigenvalue weighted by Crippen LogP contribution is -2.12. The van der Waals surface area contributed by atoms with Crippen molar-refractivity contribution in [3.05, 3.63) is 22.5 Å². The predicted octanol–water partition coefficient (Wildman–Crippen LogP) is 1.13. The van der Waals surface area contributed by atoms with E-state index in [0.29, 0.717) is 0 Å². The third kappa shape index (κ3) is 2.05. The highest BCUT2D eigenvalue weighted by Crippen LogP contribution is 2.35. The lowest BCUT2D eigenvalue weighted by atomic mass is 10.3. The van der Waals surface area contributed by atoms with Gasteiger partial charge in [0.15, 0.2) is 0 Å². The van der Waals surface area contributed by atoms with Crippen LogP contribution in [-0.2, 0) is 0 Å². The van der Waals surface area contributed by atoms with Crippen molar-refractivity contribution in [3.63, 3.8) is 0 Å². The van der Waals surface area contributed by atoms with Crippen LogP contribution < -0.4 is 0 Å². The average Bonchev–Trinajstić information content (AvgIpc) is 2.05. The maximum Gasteiger partial charge on any atom is 0.109 e. The zero-order chi connectivity index (χ0) is 7.40. The fourth-order valence-electron chi connectivity index (χ4n) is 0.534. The fourth-order valence-corrected chi connectivity index (χ4v) is 2.36. The van der Waals surface area contributed by atoms with Gasteiger partial charge >= 0.3 is 0 Å². The van der Waals surface area contributed by atoms with E-state index in [9.17, 15) is 0 Å². The Bertz CT molecular complexity index is 165. The van der Waals surface area contributed by atoms with E-state index in [1.165, 1.54) is 10.8 Å². The van der Waals surface area contributed by atoms with E-state index in [-0.39, 0.29) is 6.61 Å². The van der Waals surface area contributed by atoms with E-state index < -0.39 is 6.10 Å². The van der Waals surface area contributed by atoms with Crippen molar-refractivity contribution in [1.82, 2.24) is 0 Å². The molecule has 0 aliphatic carbocycles. The Hall–Kier alpha value is 0.1000. The van der Waals surface area contributed by atoms with Gasteiger partial charge in [0.05, 0.1) is 6.61 Å². The van der Waals surface area contributed by atoms with Crippen LogP contribution in [0.1, 0.15) is 0 Å². The SMILES string of the molecule is OCC(O)C1=CC=CSS1. The van der Waals surface area contributed by atoms with Crippen LogP contribution in [-0.4, -0.2) is 22.9 Å². The van der Waals surface area contributed by atoms with Crippen molar-refractivity contribution >= 4 is 21.6 Å². The molecule has 1 unspecified atom stereocenters. The van der Waals surface area contributed by atoms with Crippen molar-refractivity contribution in [1.29, 1.82) is 0 Å². The molecule has 10 heavy (non-hydrogen) atoms. The zero-order valence-electron chi connectivity index (χ0n) is 5.23. The molecule has 56 valence electrons. The first-order valence-corrected chi connectivity index (χ1v) is 5.05. The van der Waals surface area contributed by atoms with Crippen molar-refractivity contribution < 1.29 is 10.2 Å². The van der Waals surface area contributed by atoms with Gasteiger partial charge < -0.3 is 10.2 Å². The molecule has 0 spiro atoms. The standard InChI is InChI=1S/C6H8O2S2/c7-4-5(8)6-2-1-3-9-10-6/h1-3,5,7-8H,4H2. The average molecular weight is 176 g/mol. The molecule has 4 heteroatoms. The molecule has 0 bridgehead atoms. The first-order chi connectivity index (χ1) is 4.84. The molecule has 0 saturated carbocycles. The van der Waals surface area contributed by atoms with Gasteiger partial charge in [-0.1, -0.05) is 27.7 Å². The lowest BCUT2D eigenvalue weighted by molar-refractivity contribution is 0.128. The molecule has 2 N–H and O–H groups in total. The van der Waals surface area contributed by atoms with Gasteiger partial charge in [0, 0.05) is 4.91 Å². The van der Waals surface area contributed by atoms with E-state index in [1.54, 1.807) is 10.8 Å². The summed E-state index contributed by atoms with van der Waals surface area (Å²) in [6.45, 7) is -0.201. The molecule has 2 nitrogen and oxygen atoms in total. The van der Waals surface area contributed by atoms with Crippen LogP contribution in [0, 0.1) is 0 Å². The van der Waals surface area contributed by atoms with Crippen LogP contribution >= 0.6 is 21.6 Å². The summed E-state index contributed by atoms with van der Waals surface area (Å²) in [5, 5.41) is 19.6. The van der Waals surface area contributed by atoms with E-state index in [1.807, 2.05) is 17.6 Å². The van der Waals surface area contributed by atoms with Gasteiger partial charge in [-0.05, 0) is 11.5 Å². The lowest BCUT2D eigenvalue weighted by Gasteiger charge is -2.11. The minimum atomic E-state index is -0.706. The Morgan fingerprint density at radius 1 is 1.60 bits per heavy atom. The summed E-state index contributed by atoms with van der Waals surface area (Å²) in [6.07, 6.45) is 2.96. The molecule has 0 aromatic rings. The zero-order valence-corrected chi connectivity index (χ0v) is 6.86. The van der Waals surface area contributed by atoms with E-state index in [4.69, 9.17) is 10.2 Å². The second kappa shape index (κ2) is 4.08. The highest BCUT2D eigenvalue weighted by molar-refractivity contribution is 8.79. The second-order valence-corrected chi connectivity index (χ2v) is 3.96. The van der Waals surface area contributed by atoms with Crippen LogP contribution in [0.3, 0.4) is 0 Å². The molecule has 0 fully saturated rings. The topological polar surface area (TPSA) is 40.5 Å². The number of aliphatic hydroxyl groups excluding tert-OH is 2. The van der Waals surface area contributed by atoms with Crippen LogP contribution in [0.2, 0.25) is 0 Å². The molecular weight excluding hydrogens is 168 g/mol. The van der Waals surface area contributed by atoms with Crippen molar-refractivity contribution in [3.8, 4) is 0 Å². The maximum atomic E-state index is 9.10. The van der Waals surface area contributed by atoms with Crippen molar-refractivity contribution in [2.75, 3.05) is 6.61 Å². The number of aliphatic hydroxyl groups is 2.